The second kappa shape index (κ2) is 5.86. The number of carbonyl (C=O) groups is 1. The summed E-state index contributed by atoms with van der Waals surface area (Å²) in [7, 11) is -4.00. The van der Waals surface area contributed by atoms with Gasteiger partial charge in [0, 0.05) is 25.5 Å². The summed E-state index contributed by atoms with van der Waals surface area (Å²) in [4.78, 5) is 11.9. The minimum absolute atomic E-state index is 0.0915. The molecule has 2 aromatic heterocycles. The highest BCUT2D eigenvalue weighted by Crippen LogP contribution is 2.15. The zero-order valence-electron chi connectivity index (χ0n) is 11.4. The van der Waals surface area contributed by atoms with E-state index in [0.717, 1.165) is 0 Å². The Morgan fingerprint density at radius 1 is 1.29 bits per heavy atom. The Hall–Kier alpha value is -1.87. The van der Waals surface area contributed by atoms with Crippen LogP contribution in [0.4, 0.5) is 0 Å². The number of sulfonamides is 1. The van der Waals surface area contributed by atoms with Crippen molar-refractivity contribution in [3.05, 3.63) is 29.3 Å². The van der Waals surface area contributed by atoms with Crippen molar-refractivity contribution in [1.29, 1.82) is 0 Å². The minimum atomic E-state index is -4.00. The Kier molecular flexibility index (Phi) is 4.33. The molecular weight excluding hydrogens is 318 g/mol. The highest BCUT2D eigenvalue weighted by Gasteiger charge is 2.23. The van der Waals surface area contributed by atoms with Crippen molar-refractivity contribution >= 4 is 27.5 Å². The fraction of sp³-hybridized carbons (Fsp3) is 0.364. The smallest absolute Gasteiger partial charge is 0.272 e. The molecule has 0 fully saturated rings. The number of hydrogen-bond donors (Lipinski definition) is 1. The third-order valence-electron chi connectivity index (χ3n) is 2.73. The van der Waals surface area contributed by atoms with Crippen LogP contribution >= 0.6 is 11.6 Å². The molecule has 0 aliphatic carbocycles. The van der Waals surface area contributed by atoms with Crippen molar-refractivity contribution in [3.63, 3.8) is 0 Å². The van der Waals surface area contributed by atoms with Crippen LogP contribution in [0.15, 0.2) is 23.5 Å². The van der Waals surface area contributed by atoms with Crippen molar-refractivity contribution in [2.75, 3.05) is 0 Å². The van der Waals surface area contributed by atoms with Gasteiger partial charge in [0.1, 0.15) is 4.90 Å². The lowest BCUT2D eigenvalue weighted by molar-refractivity contribution is 0.0976. The Labute approximate surface area is 126 Å². The van der Waals surface area contributed by atoms with Gasteiger partial charge < -0.3 is 0 Å². The maximum absolute atomic E-state index is 12.1. The van der Waals surface area contributed by atoms with Crippen LogP contribution in [0.5, 0.6) is 0 Å². The van der Waals surface area contributed by atoms with Gasteiger partial charge in [-0.2, -0.15) is 10.2 Å². The first-order valence-corrected chi connectivity index (χ1v) is 8.06. The number of aromatic nitrogens is 4. The lowest BCUT2D eigenvalue weighted by Gasteiger charge is -2.03. The van der Waals surface area contributed by atoms with E-state index in [9.17, 15) is 13.2 Å². The summed E-state index contributed by atoms with van der Waals surface area (Å²) in [6, 6.07) is 0. The molecule has 21 heavy (non-hydrogen) atoms. The van der Waals surface area contributed by atoms with E-state index < -0.39 is 15.9 Å². The van der Waals surface area contributed by atoms with E-state index in [0.29, 0.717) is 13.1 Å². The van der Waals surface area contributed by atoms with Gasteiger partial charge in [0.25, 0.3) is 15.9 Å². The molecule has 0 spiro atoms. The molecule has 2 heterocycles. The molecule has 1 amide bonds. The average molecular weight is 332 g/mol. The topological polar surface area (TPSA) is 98.9 Å². The Morgan fingerprint density at radius 3 is 2.48 bits per heavy atom. The van der Waals surface area contributed by atoms with Gasteiger partial charge in [0.05, 0.1) is 11.2 Å². The molecule has 8 nitrogen and oxygen atoms in total. The van der Waals surface area contributed by atoms with E-state index in [1.807, 2.05) is 18.6 Å². The number of halogens is 1. The maximum Gasteiger partial charge on any atom is 0.287 e. The normalized spacial score (nSPS) is 11.6. The number of carbonyl (C=O) groups excluding carboxylic acids is 1. The van der Waals surface area contributed by atoms with E-state index in [-0.39, 0.29) is 15.6 Å². The minimum Gasteiger partial charge on any atom is -0.272 e. The molecule has 0 radical (unpaired) electrons. The van der Waals surface area contributed by atoms with Crippen molar-refractivity contribution in [3.8, 4) is 0 Å². The van der Waals surface area contributed by atoms with E-state index in [1.165, 1.54) is 28.0 Å². The largest absolute Gasteiger partial charge is 0.287 e. The maximum atomic E-state index is 12.1. The zero-order chi connectivity index (χ0) is 15.6. The second-order valence-electron chi connectivity index (χ2n) is 4.15. The number of amides is 1. The number of hydrogen-bond acceptors (Lipinski definition) is 5. The Balaban J connectivity index is 2.23. The second-order valence-corrected chi connectivity index (χ2v) is 6.24. The first-order chi connectivity index (χ1) is 9.87. The summed E-state index contributed by atoms with van der Waals surface area (Å²) in [5, 5.41) is 7.86. The fourth-order valence-corrected chi connectivity index (χ4v) is 2.74. The van der Waals surface area contributed by atoms with Gasteiger partial charge in [0.15, 0.2) is 5.69 Å². The molecule has 2 aromatic rings. The van der Waals surface area contributed by atoms with E-state index in [1.54, 1.807) is 0 Å². The van der Waals surface area contributed by atoms with Gasteiger partial charge in [-0.25, -0.2) is 13.1 Å². The SMILES string of the molecule is CCn1cc(S(=O)(=O)NC(=O)c2nn(CC)cc2Cl)cn1. The van der Waals surface area contributed by atoms with Gasteiger partial charge in [-0.3, -0.25) is 14.2 Å². The van der Waals surface area contributed by atoms with Gasteiger partial charge in [-0.1, -0.05) is 11.6 Å². The van der Waals surface area contributed by atoms with Crippen LogP contribution in [0.3, 0.4) is 0 Å². The molecule has 0 saturated carbocycles. The first-order valence-electron chi connectivity index (χ1n) is 6.20. The van der Waals surface area contributed by atoms with Crippen LogP contribution in [0, 0.1) is 0 Å². The lowest BCUT2D eigenvalue weighted by Crippen LogP contribution is -2.31. The van der Waals surface area contributed by atoms with Crippen LogP contribution < -0.4 is 4.72 Å². The number of aryl methyl sites for hydroxylation is 2. The average Bonchev–Trinajstić information content (AvgIpc) is 3.04. The summed E-state index contributed by atoms with van der Waals surface area (Å²) < 4.78 is 28.9. The molecule has 1 N–H and O–H groups in total. The lowest BCUT2D eigenvalue weighted by atomic mass is 10.4. The van der Waals surface area contributed by atoms with Crippen molar-refractivity contribution in [2.24, 2.45) is 0 Å². The third kappa shape index (κ3) is 3.24. The highest BCUT2D eigenvalue weighted by molar-refractivity contribution is 7.90. The third-order valence-corrected chi connectivity index (χ3v) is 4.29. The molecule has 0 aromatic carbocycles. The van der Waals surface area contributed by atoms with E-state index in [2.05, 4.69) is 10.2 Å². The van der Waals surface area contributed by atoms with Gasteiger partial charge >= 0.3 is 0 Å². The van der Waals surface area contributed by atoms with Crippen molar-refractivity contribution in [2.45, 2.75) is 31.8 Å². The quantitative estimate of drug-likeness (QED) is 0.877. The summed E-state index contributed by atoms with van der Waals surface area (Å²) in [5.41, 5.74) is -0.134. The molecule has 0 unspecified atom stereocenters. The van der Waals surface area contributed by atoms with Crippen LogP contribution in [0.2, 0.25) is 5.02 Å². The fourth-order valence-electron chi connectivity index (χ4n) is 1.60. The van der Waals surface area contributed by atoms with Crippen LogP contribution in [0.25, 0.3) is 0 Å². The van der Waals surface area contributed by atoms with Crippen LogP contribution in [0.1, 0.15) is 24.3 Å². The molecule has 0 bridgehead atoms. The molecule has 114 valence electrons. The molecule has 0 aliphatic rings. The van der Waals surface area contributed by atoms with Crippen LogP contribution in [-0.4, -0.2) is 33.9 Å². The predicted molar refractivity (Wildman–Crippen MR) is 75.5 cm³/mol. The number of nitrogens with zero attached hydrogens (tertiary/aromatic N) is 4. The number of nitrogens with one attached hydrogen (secondary N) is 1. The van der Waals surface area contributed by atoms with E-state index >= 15 is 0 Å². The summed E-state index contributed by atoms with van der Waals surface area (Å²) in [5.74, 6) is -0.878. The van der Waals surface area contributed by atoms with Crippen molar-refractivity contribution in [1.82, 2.24) is 24.3 Å². The first kappa shape index (κ1) is 15.5. The predicted octanol–water partition coefficient (Wildman–Crippen LogP) is 0.891. The Bertz CT molecular complexity index is 765. The zero-order valence-corrected chi connectivity index (χ0v) is 13.0. The summed E-state index contributed by atoms with van der Waals surface area (Å²) in [6.45, 7) is 4.68. The molecule has 0 aliphatic heterocycles. The molecular formula is C11H14ClN5O3S. The van der Waals surface area contributed by atoms with Crippen molar-refractivity contribution < 1.29 is 13.2 Å². The summed E-state index contributed by atoms with van der Waals surface area (Å²) in [6.07, 6.45) is 3.96. The molecule has 2 rings (SSSR count). The Morgan fingerprint density at radius 2 is 1.95 bits per heavy atom. The number of rotatable bonds is 5. The molecule has 0 saturated heterocycles. The summed E-state index contributed by atoms with van der Waals surface area (Å²) >= 11 is 5.86. The van der Waals surface area contributed by atoms with Crippen LogP contribution in [-0.2, 0) is 23.1 Å². The molecule has 0 atom stereocenters. The van der Waals surface area contributed by atoms with Gasteiger partial charge in [-0.15, -0.1) is 0 Å². The van der Waals surface area contributed by atoms with E-state index in [4.69, 9.17) is 11.6 Å². The van der Waals surface area contributed by atoms with Gasteiger partial charge in [0.2, 0.25) is 0 Å². The standard InChI is InChI=1S/C11H14ClN5O3S/c1-3-16-6-8(5-13-16)21(19,20)15-11(18)10-9(12)7-17(4-2)14-10/h5-7H,3-4H2,1-2H3,(H,15,18). The monoisotopic (exact) mass is 331 g/mol. The van der Waals surface area contributed by atoms with Gasteiger partial charge in [-0.05, 0) is 13.8 Å². The molecule has 10 heteroatoms. The highest BCUT2D eigenvalue weighted by atomic mass is 35.5.